The molecule has 0 unspecified atom stereocenters. The molecule has 6 nitrogen and oxygen atoms in total. The number of benzene rings is 1. The minimum atomic E-state index is -0.282. The standard InChI is InChI=1S/C19H26N2O4/c22-19-21(17-7-1-2-8-18(17)25-19)10-9-20(13-15-5-3-11-23-15)14-16-6-4-12-24-16/h1-2,7-8,15-16H,3-6,9-14H2/t15-,16-/m1/s1. The van der Waals surface area contributed by atoms with Gasteiger partial charge < -0.3 is 13.9 Å². The van der Waals surface area contributed by atoms with Crippen molar-refractivity contribution in [3.8, 4) is 0 Å². The summed E-state index contributed by atoms with van der Waals surface area (Å²) in [6.45, 7) is 4.96. The topological polar surface area (TPSA) is 56.8 Å². The van der Waals surface area contributed by atoms with E-state index in [1.807, 2.05) is 24.3 Å². The molecule has 1 aromatic heterocycles. The van der Waals surface area contributed by atoms with Crippen LogP contribution in [0.4, 0.5) is 0 Å². The van der Waals surface area contributed by atoms with Crippen LogP contribution in [0, 0.1) is 0 Å². The molecule has 2 atom stereocenters. The lowest BCUT2D eigenvalue weighted by Crippen LogP contribution is -2.40. The van der Waals surface area contributed by atoms with E-state index in [9.17, 15) is 4.79 Å². The highest BCUT2D eigenvalue weighted by molar-refractivity contribution is 5.72. The molecule has 136 valence electrons. The van der Waals surface area contributed by atoms with Crippen LogP contribution in [0.1, 0.15) is 25.7 Å². The van der Waals surface area contributed by atoms with Crippen molar-refractivity contribution in [2.24, 2.45) is 0 Å². The molecular weight excluding hydrogens is 320 g/mol. The van der Waals surface area contributed by atoms with Crippen molar-refractivity contribution in [3.05, 3.63) is 34.8 Å². The highest BCUT2D eigenvalue weighted by Gasteiger charge is 2.24. The second-order valence-electron chi connectivity index (χ2n) is 7.02. The number of ether oxygens (including phenoxy) is 2. The average Bonchev–Trinajstić information content (AvgIpc) is 3.34. The molecule has 2 aromatic rings. The van der Waals surface area contributed by atoms with Crippen LogP contribution in [-0.4, -0.2) is 54.5 Å². The van der Waals surface area contributed by atoms with Gasteiger partial charge >= 0.3 is 5.76 Å². The Morgan fingerprint density at radius 2 is 1.72 bits per heavy atom. The minimum absolute atomic E-state index is 0.282. The molecule has 25 heavy (non-hydrogen) atoms. The summed E-state index contributed by atoms with van der Waals surface area (Å²) < 4.78 is 18.7. The van der Waals surface area contributed by atoms with Crippen molar-refractivity contribution in [2.45, 2.75) is 44.4 Å². The number of para-hydroxylation sites is 2. The molecule has 0 spiro atoms. The van der Waals surface area contributed by atoms with Crippen LogP contribution in [-0.2, 0) is 16.0 Å². The van der Waals surface area contributed by atoms with Gasteiger partial charge in [-0.2, -0.15) is 0 Å². The van der Waals surface area contributed by atoms with Crippen molar-refractivity contribution in [2.75, 3.05) is 32.8 Å². The van der Waals surface area contributed by atoms with E-state index in [4.69, 9.17) is 13.9 Å². The Hall–Kier alpha value is -1.63. The van der Waals surface area contributed by atoms with E-state index in [1.54, 1.807) is 4.57 Å². The van der Waals surface area contributed by atoms with Gasteiger partial charge in [-0.15, -0.1) is 0 Å². The Labute approximate surface area is 147 Å². The molecule has 2 aliphatic rings. The maximum Gasteiger partial charge on any atom is 0.419 e. The first kappa shape index (κ1) is 16.8. The van der Waals surface area contributed by atoms with E-state index in [0.29, 0.717) is 24.3 Å². The Morgan fingerprint density at radius 3 is 2.36 bits per heavy atom. The van der Waals surface area contributed by atoms with Crippen molar-refractivity contribution in [1.82, 2.24) is 9.47 Å². The van der Waals surface area contributed by atoms with E-state index in [0.717, 1.165) is 64.0 Å². The van der Waals surface area contributed by atoms with Crippen molar-refractivity contribution >= 4 is 11.1 Å². The highest BCUT2D eigenvalue weighted by atomic mass is 16.5. The summed E-state index contributed by atoms with van der Waals surface area (Å²) in [7, 11) is 0. The Balaban J connectivity index is 1.44. The molecule has 0 bridgehead atoms. The molecule has 2 aliphatic heterocycles. The van der Waals surface area contributed by atoms with Crippen molar-refractivity contribution in [3.63, 3.8) is 0 Å². The maximum atomic E-state index is 12.2. The number of hydrogen-bond donors (Lipinski definition) is 0. The third kappa shape index (κ3) is 3.97. The number of aromatic nitrogens is 1. The lowest BCUT2D eigenvalue weighted by Gasteiger charge is -2.27. The summed E-state index contributed by atoms with van der Waals surface area (Å²) in [5, 5.41) is 0. The number of rotatable bonds is 7. The summed E-state index contributed by atoms with van der Waals surface area (Å²) in [6, 6.07) is 7.59. The van der Waals surface area contributed by atoms with Crippen molar-refractivity contribution in [1.29, 1.82) is 0 Å². The van der Waals surface area contributed by atoms with Gasteiger partial charge in [-0.25, -0.2) is 4.79 Å². The Kier molecular flexibility index (Phi) is 5.20. The van der Waals surface area contributed by atoms with Gasteiger partial charge in [0.25, 0.3) is 0 Å². The third-order valence-electron chi connectivity index (χ3n) is 5.19. The third-order valence-corrected chi connectivity index (χ3v) is 5.19. The lowest BCUT2D eigenvalue weighted by molar-refractivity contribution is 0.0363. The quantitative estimate of drug-likeness (QED) is 0.770. The highest BCUT2D eigenvalue weighted by Crippen LogP contribution is 2.18. The first-order valence-electron chi connectivity index (χ1n) is 9.33. The molecule has 0 aliphatic carbocycles. The fourth-order valence-corrected chi connectivity index (χ4v) is 3.88. The van der Waals surface area contributed by atoms with Crippen LogP contribution in [0.15, 0.2) is 33.5 Å². The molecule has 0 saturated carbocycles. The first-order chi connectivity index (χ1) is 12.3. The van der Waals surface area contributed by atoms with Crippen LogP contribution < -0.4 is 5.76 Å². The molecule has 6 heteroatoms. The molecule has 3 heterocycles. The molecule has 4 rings (SSSR count). The zero-order valence-corrected chi connectivity index (χ0v) is 14.6. The molecule has 0 N–H and O–H groups in total. The SMILES string of the molecule is O=c1oc2ccccc2n1CCN(C[C@H]1CCCO1)C[C@H]1CCCO1. The number of hydrogen-bond acceptors (Lipinski definition) is 5. The van der Waals surface area contributed by atoms with Gasteiger partial charge in [-0.1, -0.05) is 12.1 Å². The fourth-order valence-electron chi connectivity index (χ4n) is 3.88. The largest absolute Gasteiger partial charge is 0.419 e. The van der Waals surface area contributed by atoms with E-state index < -0.39 is 0 Å². The van der Waals surface area contributed by atoms with Crippen LogP contribution in [0.3, 0.4) is 0 Å². The van der Waals surface area contributed by atoms with E-state index in [1.165, 1.54) is 0 Å². The van der Waals surface area contributed by atoms with Crippen LogP contribution >= 0.6 is 0 Å². The maximum absolute atomic E-state index is 12.2. The monoisotopic (exact) mass is 346 g/mol. The van der Waals surface area contributed by atoms with E-state index in [-0.39, 0.29) is 5.76 Å². The van der Waals surface area contributed by atoms with Gasteiger partial charge in [0.15, 0.2) is 5.58 Å². The summed E-state index contributed by atoms with van der Waals surface area (Å²) in [6.07, 6.45) is 5.14. The summed E-state index contributed by atoms with van der Waals surface area (Å²) in [5.74, 6) is -0.282. The van der Waals surface area contributed by atoms with Gasteiger partial charge in [0.05, 0.1) is 17.7 Å². The fraction of sp³-hybridized carbons (Fsp3) is 0.632. The molecular formula is C19H26N2O4. The average molecular weight is 346 g/mol. The summed E-state index contributed by atoms with van der Waals surface area (Å²) in [4.78, 5) is 14.6. The van der Waals surface area contributed by atoms with E-state index >= 15 is 0 Å². The normalized spacial score (nSPS) is 23.9. The van der Waals surface area contributed by atoms with Crippen LogP contribution in [0.5, 0.6) is 0 Å². The first-order valence-corrected chi connectivity index (χ1v) is 9.33. The summed E-state index contributed by atoms with van der Waals surface area (Å²) in [5.41, 5.74) is 1.51. The van der Waals surface area contributed by atoms with Crippen LogP contribution in [0.25, 0.3) is 11.1 Å². The van der Waals surface area contributed by atoms with Gasteiger partial charge in [0.2, 0.25) is 0 Å². The zero-order chi connectivity index (χ0) is 17.1. The van der Waals surface area contributed by atoms with Gasteiger partial charge in [0.1, 0.15) is 0 Å². The second kappa shape index (κ2) is 7.72. The lowest BCUT2D eigenvalue weighted by atomic mass is 10.2. The molecule has 1 aromatic carbocycles. The van der Waals surface area contributed by atoms with Gasteiger partial charge in [0, 0.05) is 39.4 Å². The van der Waals surface area contributed by atoms with Crippen molar-refractivity contribution < 1.29 is 13.9 Å². The number of nitrogens with zero attached hydrogens (tertiary/aromatic N) is 2. The minimum Gasteiger partial charge on any atom is -0.408 e. The predicted octanol–water partition coefficient (Wildman–Crippen LogP) is 2.25. The summed E-state index contributed by atoms with van der Waals surface area (Å²) >= 11 is 0. The molecule has 2 saturated heterocycles. The number of oxazole rings is 1. The van der Waals surface area contributed by atoms with Gasteiger partial charge in [-0.3, -0.25) is 9.47 Å². The van der Waals surface area contributed by atoms with Crippen LogP contribution in [0.2, 0.25) is 0 Å². The molecule has 0 amide bonds. The number of fused-ring (bicyclic) bond motifs is 1. The second-order valence-corrected chi connectivity index (χ2v) is 7.02. The molecule has 2 fully saturated rings. The Bertz CT molecular complexity index is 723. The Morgan fingerprint density at radius 1 is 1.04 bits per heavy atom. The van der Waals surface area contributed by atoms with E-state index in [2.05, 4.69) is 4.90 Å². The molecule has 0 radical (unpaired) electrons. The smallest absolute Gasteiger partial charge is 0.408 e. The van der Waals surface area contributed by atoms with Gasteiger partial charge in [-0.05, 0) is 37.8 Å². The zero-order valence-electron chi connectivity index (χ0n) is 14.6. The predicted molar refractivity (Wildman–Crippen MR) is 94.9 cm³/mol.